The van der Waals surface area contributed by atoms with Crippen molar-refractivity contribution in [3.05, 3.63) is 12.3 Å². The van der Waals surface area contributed by atoms with E-state index in [0.717, 1.165) is 13.0 Å². The lowest BCUT2D eigenvalue weighted by atomic mass is 9.93. The number of aromatic nitrogens is 2. The number of hydrogen-bond donors (Lipinski definition) is 2. The summed E-state index contributed by atoms with van der Waals surface area (Å²) in [7, 11) is 1.79. The Hall–Kier alpha value is -1.56. The predicted molar refractivity (Wildman–Crippen MR) is 72.9 cm³/mol. The summed E-state index contributed by atoms with van der Waals surface area (Å²) in [6.45, 7) is 5.74. The van der Waals surface area contributed by atoms with Crippen molar-refractivity contribution in [2.45, 2.75) is 26.4 Å². The van der Waals surface area contributed by atoms with Crippen LogP contribution in [0.1, 0.15) is 20.3 Å². The Kier molecular flexibility index (Phi) is 4.42. The molecule has 1 aliphatic rings. The molecule has 0 saturated carbocycles. The standard InChI is InChI=1S/C13H22N4O2/c1-9(2)12-10(5-7-19-12)8-14-13(18)16-11-4-6-15-17(11)3/h4,6,9-10,12H,5,7-8H2,1-3H3,(H2,14,16,18)/t10-,12-/m1/s1. The third-order valence-electron chi connectivity index (χ3n) is 3.51. The molecular weight excluding hydrogens is 244 g/mol. The largest absolute Gasteiger partial charge is 0.378 e. The maximum Gasteiger partial charge on any atom is 0.320 e. The number of urea groups is 1. The number of carbonyl (C=O) groups excluding carboxylic acids is 1. The van der Waals surface area contributed by atoms with E-state index in [1.54, 1.807) is 24.0 Å². The Morgan fingerprint density at radius 2 is 2.42 bits per heavy atom. The zero-order valence-electron chi connectivity index (χ0n) is 11.7. The normalized spacial score (nSPS) is 22.7. The molecule has 106 valence electrons. The molecular formula is C13H22N4O2. The molecule has 0 unspecified atom stereocenters. The van der Waals surface area contributed by atoms with E-state index >= 15 is 0 Å². The van der Waals surface area contributed by atoms with Gasteiger partial charge in [-0.25, -0.2) is 4.79 Å². The lowest BCUT2D eigenvalue weighted by Gasteiger charge is -2.22. The van der Waals surface area contributed by atoms with Crippen molar-refractivity contribution >= 4 is 11.8 Å². The van der Waals surface area contributed by atoms with Gasteiger partial charge in [-0.1, -0.05) is 13.8 Å². The van der Waals surface area contributed by atoms with Crippen molar-refractivity contribution < 1.29 is 9.53 Å². The van der Waals surface area contributed by atoms with Gasteiger partial charge in [0.15, 0.2) is 0 Å². The van der Waals surface area contributed by atoms with Crippen LogP contribution >= 0.6 is 0 Å². The van der Waals surface area contributed by atoms with Gasteiger partial charge < -0.3 is 10.1 Å². The molecule has 2 N–H and O–H groups in total. The molecule has 0 aromatic carbocycles. The number of hydrogen-bond acceptors (Lipinski definition) is 3. The predicted octanol–water partition coefficient (Wildman–Crippen LogP) is 1.60. The van der Waals surface area contributed by atoms with Gasteiger partial charge in [-0.15, -0.1) is 0 Å². The van der Waals surface area contributed by atoms with Crippen LogP contribution in [-0.4, -0.2) is 35.1 Å². The van der Waals surface area contributed by atoms with Crippen LogP contribution in [0.4, 0.5) is 10.6 Å². The topological polar surface area (TPSA) is 68.2 Å². The van der Waals surface area contributed by atoms with E-state index in [2.05, 4.69) is 29.6 Å². The summed E-state index contributed by atoms with van der Waals surface area (Å²) in [6.07, 6.45) is 2.90. The van der Waals surface area contributed by atoms with Crippen LogP contribution in [-0.2, 0) is 11.8 Å². The molecule has 1 saturated heterocycles. The summed E-state index contributed by atoms with van der Waals surface area (Å²) in [5.41, 5.74) is 0. The molecule has 0 bridgehead atoms. The molecule has 0 aliphatic carbocycles. The fraction of sp³-hybridized carbons (Fsp3) is 0.692. The number of amides is 2. The van der Waals surface area contributed by atoms with Crippen LogP contribution in [0.5, 0.6) is 0 Å². The Balaban J connectivity index is 1.79. The maximum absolute atomic E-state index is 11.8. The van der Waals surface area contributed by atoms with Gasteiger partial charge in [0, 0.05) is 32.2 Å². The zero-order valence-corrected chi connectivity index (χ0v) is 11.7. The summed E-state index contributed by atoms with van der Waals surface area (Å²) in [5, 5.41) is 9.67. The van der Waals surface area contributed by atoms with Crippen molar-refractivity contribution in [1.82, 2.24) is 15.1 Å². The number of carbonyl (C=O) groups is 1. The van der Waals surface area contributed by atoms with E-state index in [4.69, 9.17) is 4.74 Å². The Bertz CT molecular complexity index is 430. The van der Waals surface area contributed by atoms with Crippen LogP contribution in [0.15, 0.2) is 12.3 Å². The molecule has 6 nitrogen and oxygen atoms in total. The third kappa shape index (κ3) is 3.47. The van der Waals surface area contributed by atoms with E-state index in [-0.39, 0.29) is 12.1 Å². The zero-order chi connectivity index (χ0) is 13.8. The number of rotatable bonds is 4. The van der Waals surface area contributed by atoms with Crippen LogP contribution in [0.25, 0.3) is 0 Å². The molecule has 0 radical (unpaired) electrons. The number of anilines is 1. The van der Waals surface area contributed by atoms with Gasteiger partial charge in [0.25, 0.3) is 0 Å². The van der Waals surface area contributed by atoms with Gasteiger partial charge in [0.2, 0.25) is 0 Å². The van der Waals surface area contributed by atoms with E-state index < -0.39 is 0 Å². The van der Waals surface area contributed by atoms with Crippen molar-refractivity contribution in [2.75, 3.05) is 18.5 Å². The summed E-state index contributed by atoms with van der Waals surface area (Å²) < 4.78 is 7.32. The molecule has 1 aromatic rings. The first-order valence-corrected chi connectivity index (χ1v) is 6.72. The Morgan fingerprint density at radius 1 is 1.63 bits per heavy atom. The highest BCUT2D eigenvalue weighted by Gasteiger charge is 2.30. The van der Waals surface area contributed by atoms with Gasteiger partial charge in [0.05, 0.1) is 12.3 Å². The fourth-order valence-electron chi connectivity index (χ4n) is 2.49. The third-order valence-corrected chi connectivity index (χ3v) is 3.51. The quantitative estimate of drug-likeness (QED) is 0.870. The van der Waals surface area contributed by atoms with E-state index in [0.29, 0.717) is 24.2 Å². The van der Waals surface area contributed by atoms with Gasteiger partial charge in [-0.2, -0.15) is 5.10 Å². The van der Waals surface area contributed by atoms with Crippen LogP contribution in [0, 0.1) is 11.8 Å². The summed E-state index contributed by atoms with van der Waals surface area (Å²) in [6, 6.07) is 1.56. The second kappa shape index (κ2) is 6.06. The molecule has 1 aliphatic heterocycles. The van der Waals surface area contributed by atoms with Gasteiger partial charge >= 0.3 is 6.03 Å². The number of aryl methyl sites for hydroxylation is 1. The Labute approximate surface area is 113 Å². The number of ether oxygens (including phenoxy) is 1. The molecule has 6 heteroatoms. The highest BCUT2D eigenvalue weighted by molar-refractivity contribution is 5.88. The van der Waals surface area contributed by atoms with Gasteiger partial charge in [0.1, 0.15) is 5.82 Å². The maximum atomic E-state index is 11.8. The second-order valence-corrected chi connectivity index (χ2v) is 5.30. The Morgan fingerprint density at radius 3 is 3.05 bits per heavy atom. The summed E-state index contributed by atoms with van der Waals surface area (Å²) >= 11 is 0. The average Bonchev–Trinajstić information content (AvgIpc) is 2.96. The second-order valence-electron chi connectivity index (χ2n) is 5.30. The molecule has 2 amide bonds. The minimum atomic E-state index is -0.196. The lowest BCUT2D eigenvalue weighted by molar-refractivity contribution is 0.0546. The average molecular weight is 266 g/mol. The van der Waals surface area contributed by atoms with Gasteiger partial charge in [-0.05, 0) is 12.3 Å². The highest BCUT2D eigenvalue weighted by Crippen LogP contribution is 2.26. The molecule has 2 heterocycles. The molecule has 0 spiro atoms. The van der Waals surface area contributed by atoms with E-state index in [9.17, 15) is 4.79 Å². The minimum absolute atomic E-state index is 0.196. The molecule has 19 heavy (non-hydrogen) atoms. The van der Waals surface area contributed by atoms with Crippen molar-refractivity contribution in [3.8, 4) is 0 Å². The first-order chi connectivity index (χ1) is 9.08. The fourth-order valence-corrected chi connectivity index (χ4v) is 2.49. The van der Waals surface area contributed by atoms with Crippen LogP contribution in [0.3, 0.4) is 0 Å². The van der Waals surface area contributed by atoms with E-state index in [1.165, 1.54) is 0 Å². The molecule has 1 aromatic heterocycles. The van der Waals surface area contributed by atoms with Crippen molar-refractivity contribution in [1.29, 1.82) is 0 Å². The van der Waals surface area contributed by atoms with Crippen LogP contribution < -0.4 is 10.6 Å². The molecule has 1 fully saturated rings. The summed E-state index contributed by atoms with van der Waals surface area (Å²) in [5.74, 6) is 1.56. The molecule has 2 atom stereocenters. The number of nitrogens with one attached hydrogen (secondary N) is 2. The van der Waals surface area contributed by atoms with Crippen molar-refractivity contribution in [2.24, 2.45) is 18.9 Å². The monoisotopic (exact) mass is 266 g/mol. The smallest absolute Gasteiger partial charge is 0.320 e. The number of nitrogens with zero attached hydrogens (tertiary/aromatic N) is 2. The minimum Gasteiger partial charge on any atom is -0.378 e. The van der Waals surface area contributed by atoms with Crippen molar-refractivity contribution in [3.63, 3.8) is 0 Å². The SMILES string of the molecule is CC(C)[C@H]1OCC[C@@H]1CNC(=O)Nc1ccnn1C. The van der Waals surface area contributed by atoms with Gasteiger partial charge in [-0.3, -0.25) is 10.00 Å². The first-order valence-electron chi connectivity index (χ1n) is 6.72. The van der Waals surface area contributed by atoms with E-state index in [1.807, 2.05) is 0 Å². The summed E-state index contributed by atoms with van der Waals surface area (Å²) in [4.78, 5) is 11.8. The first kappa shape index (κ1) is 13.9. The highest BCUT2D eigenvalue weighted by atomic mass is 16.5. The van der Waals surface area contributed by atoms with Crippen LogP contribution in [0.2, 0.25) is 0 Å². The molecule has 2 rings (SSSR count). The lowest BCUT2D eigenvalue weighted by Crippen LogP contribution is -2.37.